The van der Waals surface area contributed by atoms with E-state index < -0.39 is 0 Å². The zero-order chi connectivity index (χ0) is 34.1. The van der Waals surface area contributed by atoms with E-state index in [1.54, 1.807) is 0 Å². The summed E-state index contributed by atoms with van der Waals surface area (Å²) in [5.74, 6) is 0. The van der Waals surface area contributed by atoms with E-state index in [2.05, 4.69) is 195 Å². The predicted octanol–water partition coefficient (Wildman–Crippen LogP) is 14.3. The molecule has 0 radical (unpaired) electrons. The van der Waals surface area contributed by atoms with E-state index in [1.807, 2.05) is 11.3 Å². The molecule has 0 unspecified atom stereocenters. The molecule has 1 heterocycles. The van der Waals surface area contributed by atoms with Gasteiger partial charge in [0.2, 0.25) is 0 Å². The first-order valence-corrected chi connectivity index (χ1v) is 18.5. The van der Waals surface area contributed by atoms with Crippen LogP contribution >= 0.6 is 11.3 Å². The van der Waals surface area contributed by atoms with Crippen LogP contribution in [0.25, 0.3) is 64.3 Å². The van der Waals surface area contributed by atoms with Crippen LogP contribution in [0.2, 0.25) is 0 Å². The van der Waals surface area contributed by atoms with Crippen molar-refractivity contribution in [2.75, 3.05) is 4.90 Å². The van der Waals surface area contributed by atoms with Gasteiger partial charge in [0.25, 0.3) is 0 Å². The Morgan fingerprint density at radius 3 is 1.82 bits per heavy atom. The number of rotatable bonds is 5. The minimum absolute atomic E-state index is 0.118. The zero-order valence-electron chi connectivity index (χ0n) is 28.6. The molecule has 8 aromatic carbocycles. The fourth-order valence-electron chi connectivity index (χ4n) is 8.44. The second-order valence-electron chi connectivity index (χ2n) is 14.1. The van der Waals surface area contributed by atoms with Crippen molar-refractivity contribution in [2.45, 2.75) is 19.3 Å². The fraction of sp³-hybridized carbons (Fsp3) is 0.0612. The summed E-state index contributed by atoms with van der Waals surface area (Å²) < 4.78 is 2.64. The Labute approximate surface area is 302 Å². The lowest BCUT2D eigenvalue weighted by Gasteiger charge is -2.31. The van der Waals surface area contributed by atoms with Crippen LogP contribution in [0.5, 0.6) is 0 Å². The van der Waals surface area contributed by atoms with Crippen LogP contribution in [-0.4, -0.2) is 0 Å². The number of hydrogen-bond donors (Lipinski definition) is 0. The van der Waals surface area contributed by atoms with Gasteiger partial charge in [0.15, 0.2) is 0 Å². The third-order valence-electron chi connectivity index (χ3n) is 10.9. The lowest BCUT2D eigenvalue weighted by molar-refractivity contribution is 0.660. The number of para-hydroxylation sites is 1. The molecule has 0 N–H and O–H groups in total. The summed E-state index contributed by atoms with van der Waals surface area (Å²) in [5, 5.41) is 5.13. The van der Waals surface area contributed by atoms with Gasteiger partial charge in [-0.25, -0.2) is 0 Å². The van der Waals surface area contributed by atoms with Gasteiger partial charge in [-0.3, -0.25) is 0 Å². The molecule has 2 heteroatoms. The van der Waals surface area contributed by atoms with Gasteiger partial charge in [-0.05, 0) is 69.3 Å². The molecule has 0 spiro atoms. The monoisotopic (exact) mass is 669 g/mol. The third-order valence-corrected chi connectivity index (χ3v) is 12.1. The molecule has 0 bridgehead atoms. The summed E-state index contributed by atoms with van der Waals surface area (Å²) in [4.78, 5) is 2.53. The van der Waals surface area contributed by atoms with Crippen molar-refractivity contribution in [2.24, 2.45) is 0 Å². The van der Waals surface area contributed by atoms with E-state index in [1.165, 1.54) is 81.1 Å². The van der Waals surface area contributed by atoms with E-state index in [4.69, 9.17) is 0 Å². The van der Waals surface area contributed by atoms with E-state index in [0.717, 1.165) is 11.4 Å². The Balaban J connectivity index is 1.31. The molecule has 10 rings (SSSR count). The average molecular weight is 670 g/mol. The maximum absolute atomic E-state index is 2.53. The number of fused-ring (bicyclic) bond motifs is 8. The number of benzene rings is 8. The molecule has 51 heavy (non-hydrogen) atoms. The summed E-state index contributed by atoms with van der Waals surface area (Å²) in [5.41, 5.74) is 13.7. The van der Waals surface area contributed by atoms with Gasteiger partial charge in [0.05, 0.1) is 11.4 Å². The molecule has 1 aromatic heterocycles. The van der Waals surface area contributed by atoms with Gasteiger partial charge in [-0.1, -0.05) is 159 Å². The van der Waals surface area contributed by atoms with E-state index in [9.17, 15) is 0 Å². The molecule has 0 saturated heterocycles. The Hall–Kier alpha value is -5.96. The van der Waals surface area contributed by atoms with Crippen molar-refractivity contribution < 1.29 is 0 Å². The molecule has 0 amide bonds. The summed E-state index contributed by atoms with van der Waals surface area (Å²) in [6.07, 6.45) is 0. The van der Waals surface area contributed by atoms with E-state index in [-0.39, 0.29) is 5.41 Å². The number of nitrogens with zero attached hydrogens (tertiary/aromatic N) is 1. The number of anilines is 3. The van der Waals surface area contributed by atoms with Crippen LogP contribution in [0.3, 0.4) is 0 Å². The van der Waals surface area contributed by atoms with Crippen LogP contribution in [-0.2, 0) is 5.41 Å². The normalized spacial score (nSPS) is 13.1. The first-order chi connectivity index (χ1) is 25.1. The molecular weight excluding hydrogens is 635 g/mol. The Morgan fingerprint density at radius 2 is 1.04 bits per heavy atom. The van der Waals surface area contributed by atoms with Crippen LogP contribution in [0.15, 0.2) is 176 Å². The van der Waals surface area contributed by atoms with Gasteiger partial charge >= 0.3 is 0 Å². The zero-order valence-corrected chi connectivity index (χ0v) is 29.4. The average Bonchev–Trinajstić information content (AvgIpc) is 3.68. The van der Waals surface area contributed by atoms with Gasteiger partial charge in [-0.2, -0.15) is 0 Å². The van der Waals surface area contributed by atoms with Crippen molar-refractivity contribution in [3.8, 4) is 33.4 Å². The predicted molar refractivity (Wildman–Crippen MR) is 220 cm³/mol. The maximum atomic E-state index is 2.53. The van der Waals surface area contributed by atoms with Gasteiger partial charge in [0.1, 0.15) is 0 Å². The first-order valence-electron chi connectivity index (χ1n) is 17.7. The Bertz CT molecular complexity index is 2770. The second-order valence-corrected chi connectivity index (χ2v) is 15.1. The lowest BCUT2D eigenvalue weighted by Crippen LogP contribution is -2.17. The molecule has 242 valence electrons. The Kier molecular flexibility index (Phi) is 6.78. The Morgan fingerprint density at radius 1 is 0.431 bits per heavy atom. The second kappa shape index (κ2) is 11.6. The van der Waals surface area contributed by atoms with E-state index in [0.29, 0.717) is 0 Å². The molecular formula is C49H35NS. The maximum Gasteiger partial charge on any atom is 0.0547 e. The van der Waals surface area contributed by atoms with Crippen LogP contribution in [0.1, 0.15) is 25.0 Å². The largest absolute Gasteiger partial charge is 0.309 e. The highest BCUT2D eigenvalue weighted by molar-refractivity contribution is 7.26. The number of thiophene rings is 1. The highest BCUT2D eigenvalue weighted by Gasteiger charge is 2.36. The highest BCUT2D eigenvalue weighted by Crippen LogP contribution is 2.53. The molecule has 1 nitrogen and oxygen atoms in total. The molecule has 9 aromatic rings. The summed E-state index contributed by atoms with van der Waals surface area (Å²) in [6, 6.07) is 64.8. The first kappa shape index (κ1) is 29.9. The summed E-state index contributed by atoms with van der Waals surface area (Å²) >= 11 is 1.90. The smallest absolute Gasteiger partial charge is 0.0547 e. The third kappa shape index (κ3) is 4.60. The molecule has 0 fully saturated rings. The van der Waals surface area contributed by atoms with Crippen LogP contribution in [0.4, 0.5) is 17.1 Å². The van der Waals surface area contributed by atoms with Crippen molar-refractivity contribution in [1.82, 2.24) is 0 Å². The lowest BCUT2D eigenvalue weighted by atomic mass is 9.82. The van der Waals surface area contributed by atoms with Crippen LogP contribution < -0.4 is 4.90 Å². The molecule has 0 atom stereocenters. The number of hydrogen-bond acceptors (Lipinski definition) is 2. The highest BCUT2D eigenvalue weighted by atomic mass is 32.1. The van der Waals surface area contributed by atoms with Crippen molar-refractivity contribution in [1.29, 1.82) is 0 Å². The minimum Gasteiger partial charge on any atom is -0.309 e. The standard InChI is InChI=1S/C49H35NS/c1-49(2)42-25-13-11-21-37(42)38-29-28-34(30-43(38)49)50(44-26-14-12-20-35(44)32-16-5-3-6-17-32)45-31-41-47-36(33-18-7-4-8-19-33)24-15-27-46(47)51-48(41)40-23-10-9-22-39(40)45/h3-31H,1-2H3. The van der Waals surface area contributed by atoms with Crippen molar-refractivity contribution in [3.63, 3.8) is 0 Å². The van der Waals surface area contributed by atoms with E-state index >= 15 is 0 Å². The SMILES string of the molecule is CC1(C)c2ccccc2-c2ccc(N(c3ccccc3-c3ccccc3)c3cc4c(sc5cccc(-c6ccccc6)c54)c4ccccc34)cc21. The fourth-order valence-corrected chi connectivity index (χ4v) is 9.69. The quantitative estimate of drug-likeness (QED) is 0.176. The summed E-state index contributed by atoms with van der Waals surface area (Å²) in [7, 11) is 0. The molecule has 1 aliphatic carbocycles. The van der Waals surface area contributed by atoms with Gasteiger partial charge in [-0.15, -0.1) is 11.3 Å². The van der Waals surface area contributed by atoms with Crippen LogP contribution in [0, 0.1) is 0 Å². The molecule has 0 saturated carbocycles. The molecule has 0 aliphatic heterocycles. The minimum atomic E-state index is -0.118. The van der Waals surface area contributed by atoms with Gasteiger partial charge < -0.3 is 4.90 Å². The van der Waals surface area contributed by atoms with Crippen molar-refractivity contribution in [3.05, 3.63) is 187 Å². The summed E-state index contributed by atoms with van der Waals surface area (Å²) in [6.45, 7) is 4.74. The molecule has 1 aliphatic rings. The van der Waals surface area contributed by atoms with Crippen molar-refractivity contribution >= 4 is 59.3 Å². The van der Waals surface area contributed by atoms with Gasteiger partial charge in [0, 0.05) is 47.6 Å². The topological polar surface area (TPSA) is 3.24 Å².